The molecule has 5 nitrogen and oxygen atoms in total. The van der Waals surface area contributed by atoms with E-state index in [2.05, 4.69) is 29.8 Å². The Labute approximate surface area is 131 Å². The van der Waals surface area contributed by atoms with E-state index in [1.165, 1.54) is 0 Å². The Hall–Kier alpha value is -1.75. The summed E-state index contributed by atoms with van der Waals surface area (Å²) in [5, 5.41) is 3.44. The number of fused-ring (bicyclic) bond motifs is 1. The van der Waals surface area contributed by atoms with Crippen LogP contribution in [-0.4, -0.2) is 36.9 Å². The average molecular weight is 303 g/mol. The fraction of sp³-hybridized carbons (Fsp3) is 0.588. The molecule has 3 rings (SSSR count). The van der Waals surface area contributed by atoms with Gasteiger partial charge in [0.15, 0.2) is 11.5 Å². The molecule has 1 fully saturated rings. The monoisotopic (exact) mass is 303 g/mol. The van der Waals surface area contributed by atoms with E-state index in [4.69, 9.17) is 14.5 Å². The van der Waals surface area contributed by atoms with E-state index in [0.717, 1.165) is 54.3 Å². The van der Waals surface area contributed by atoms with Crippen LogP contribution in [0, 0.1) is 0 Å². The predicted octanol–water partition coefficient (Wildman–Crippen LogP) is 3.10. The number of methoxy groups -OCH3 is 2. The molecule has 0 amide bonds. The maximum absolute atomic E-state index is 5.48. The summed E-state index contributed by atoms with van der Waals surface area (Å²) in [6, 6.07) is 4.55. The zero-order valence-corrected chi connectivity index (χ0v) is 13.8. The minimum Gasteiger partial charge on any atom is -0.493 e. The molecular weight excluding hydrogens is 278 g/mol. The maximum Gasteiger partial charge on any atom is 0.163 e. The molecule has 0 unspecified atom stereocenters. The van der Waals surface area contributed by atoms with Crippen molar-refractivity contribution in [2.75, 3.05) is 27.3 Å². The summed E-state index contributed by atoms with van der Waals surface area (Å²) in [6.07, 6.45) is 2.28. The summed E-state index contributed by atoms with van der Waals surface area (Å²) in [7, 11) is 3.34. The highest BCUT2D eigenvalue weighted by Crippen LogP contribution is 2.36. The van der Waals surface area contributed by atoms with Gasteiger partial charge in [-0.15, -0.1) is 0 Å². The molecule has 0 atom stereocenters. The van der Waals surface area contributed by atoms with Crippen molar-refractivity contribution in [3.05, 3.63) is 18.0 Å². The van der Waals surface area contributed by atoms with Crippen molar-refractivity contribution in [1.82, 2.24) is 14.9 Å². The molecule has 22 heavy (non-hydrogen) atoms. The van der Waals surface area contributed by atoms with Crippen LogP contribution in [0.25, 0.3) is 11.0 Å². The molecule has 1 aromatic carbocycles. The minimum atomic E-state index is 0.388. The smallest absolute Gasteiger partial charge is 0.163 e. The first-order valence-corrected chi connectivity index (χ1v) is 8.00. The van der Waals surface area contributed by atoms with Gasteiger partial charge in [-0.1, -0.05) is 13.8 Å². The first kappa shape index (κ1) is 15.2. The molecule has 0 radical (unpaired) electrons. The van der Waals surface area contributed by atoms with Gasteiger partial charge >= 0.3 is 0 Å². The lowest BCUT2D eigenvalue weighted by atomic mass is 10.0. The van der Waals surface area contributed by atoms with E-state index in [0.29, 0.717) is 12.0 Å². The Balaban J connectivity index is 2.19. The molecule has 1 aliphatic heterocycles. The number of nitrogens with zero attached hydrogens (tertiary/aromatic N) is 2. The number of rotatable bonds is 4. The highest BCUT2D eigenvalue weighted by molar-refractivity contribution is 5.81. The topological polar surface area (TPSA) is 48.3 Å². The quantitative estimate of drug-likeness (QED) is 0.943. The van der Waals surface area contributed by atoms with Gasteiger partial charge in [0, 0.05) is 24.1 Å². The number of hydrogen-bond donors (Lipinski definition) is 1. The highest BCUT2D eigenvalue weighted by Gasteiger charge is 2.23. The molecule has 2 heterocycles. The highest BCUT2D eigenvalue weighted by atomic mass is 16.5. The fourth-order valence-electron chi connectivity index (χ4n) is 3.30. The first-order chi connectivity index (χ1) is 10.7. The van der Waals surface area contributed by atoms with E-state index in [1.54, 1.807) is 14.2 Å². The van der Waals surface area contributed by atoms with E-state index in [1.807, 2.05) is 6.07 Å². The van der Waals surface area contributed by atoms with Gasteiger partial charge in [0.1, 0.15) is 5.82 Å². The fourth-order valence-corrected chi connectivity index (χ4v) is 3.30. The van der Waals surface area contributed by atoms with Crippen molar-refractivity contribution in [2.24, 2.45) is 0 Å². The van der Waals surface area contributed by atoms with Crippen LogP contribution >= 0.6 is 0 Å². The molecular formula is C17H25N3O2. The van der Waals surface area contributed by atoms with E-state index < -0.39 is 0 Å². The zero-order chi connectivity index (χ0) is 15.7. The van der Waals surface area contributed by atoms with Gasteiger partial charge in [0.2, 0.25) is 0 Å². The predicted molar refractivity (Wildman–Crippen MR) is 88.1 cm³/mol. The molecule has 5 heteroatoms. The summed E-state index contributed by atoms with van der Waals surface area (Å²) in [5.74, 6) is 3.04. The van der Waals surface area contributed by atoms with Crippen molar-refractivity contribution >= 4 is 11.0 Å². The second-order valence-corrected chi connectivity index (χ2v) is 6.17. The van der Waals surface area contributed by atoms with Crippen molar-refractivity contribution < 1.29 is 9.47 Å². The van der Waals surface area contributed by atoms with Crippen molar-refractivity contribution in [2.45, 2.75) is 38.6 Å². The first-order valence-electron chi connectivity index (χ1n) is 8.00. The molecule has 0 bridgehead atoms. The number of ether oxygens (including phenoxy) is 2. The lowest BCUT2D eigenvalue weighted by Gasteiger charge is -2.27. The van der Waals surface area contributed by atoms with E-state index >= 15 is 0 Å². The number of benzene rings is 1. The molecule has 1 saturated heterocycles. The van der Waals surface area contributed by atoms with E-state index in [-0.39, 0.29) is 0 Å². The standard InChI is InChI=1S/C17H25N3O2/c1-11(2)17-19-13-9-15(21-3)16(22-4)10-14(13)20(17)12-5-7-18-8-6-12/h9-12,18H,5-8H2,1-4H3. The second-order valence-electron chi connectivity index (χ2n) is 6.17. The number of piperidine rings is 1. The Morgan fingerprint density at radius 1 is 1.14 bits per heavy atom. The van der Waals surface area contributed by atoms with Gasteiger partial charge in [0.25, 0.3) is 0 Å². The Bertz CT molecular complexity index is 657. The van der Waals surface area contributed by atoms with Gasteiger partial charge in [-0.25, -0.2) is 4.98 Å². The summed E-state index contributed by atoms with van der Waals surface area (Å²) in [4.78, 5) is 4.88. The van der Waals surface area contributed by atoms with Crippen molar-refractivity contribution in [1.29, 1.82) is 0 Å². The van der Waals surface area contributed by atoms with Crippen LogP contribution in [0.3, 0.4) is 0 Å². The molecule has 0 spiro atoms. The normalized spacial score (nSPS) is 16.4. The largest absolute Gasteiger partial charge is 0.493 e. The third-order valence-electron chi connectivity index (χ3n) is 4.41. The van der Waals surface area contributed by atoms with Crippen LogP contribution < -0.4 is 14.8 Å². The third kappa shape index (κ3) is 2.54. The average Bonchev–Trinajstić information content (AvgIpc) is 2.92. The molecule has 1 aromatic heterocycles. The van der Waals surface area contributed by atoms with Crippen LogP contribution in [0.5, 0.6) is 11.5 Å². The lowest BCUT2D eigenvalue weighted by molar-refractivity contribution is 0.353. The van der Waals surface area contributed by atoms with Crippen LogP contribution in [0.2, 0.25) is 0 Å². The van der Waals surface area contributed by atoms with Crippen LogP contribution in [-0.2, 0) is 0 Å². The summed E-state index contributed by atoms with van der Waals surface area (Å²) < 4.78 is 13.3. The van der Waals surface area contributed by atoms with E-state index in [9.17, 15) is 0 Å². The van der Waals surface area contributed by atoms with Crippen LogP contribution in [0.4, 0.5) is 0 Å². The Morgan fingerprint density at radius 3 is 2.36 bits per heavy atom. The number of aromatic nitrogens is 2. The third-order valence-corrected chi connectivity index (χ3v) is 4.41. The maximum atomic E-state index is 5.48. The SMILES string of the molecule is COc1cc2nc(C(C)C)n(C3CCNCC3)c2cc1OC. The van der Waals surface area contributed by atoms with Gasteiger partial charge in [0.05, 0.1) is 25.3 Å². The molecule has 120 valence electrons. The van der Waals surface area contributed by atoms with Crippen molar-refractivity contribution in [3.63, 3.8) is 0 Å². The van der Waals surface area contributed by atoms with Crippen LogP contribution in [0.1, 0.15) is 44.5 Å². The zero-order valence-electron chi connectivity index (χ0n) is 13.8. The van der Waals surface area contributed by atoms with Gasteiger partial charge in [-0.3, -0.25) is 0 Å². The van der Waals surface area contributed by atoms with Gasteiger partial charge in [-0.2, -0.15) is 0 Å². The van der Waals surface area contributed by atoms with Gasteiger partial charge in [-0.05, 0) is 25.9 Å². The molecule has 1 aliphatic rings. The molecule has 2 aromatic rings. The summed E-state index contributed by atoms with van der Waals surface area (Å²) >= 11 is 0. The second kappa shape index (κ2) is 6.16. The Morgan fingerprint density at radius 2 is 1.77 bits per heavy atom. The summed E-state index contributed by atoms with van der Waals surface area (Å²) in [5.41, 5.74) is 2.13. The number of nitrogens with one attached hydrogen (secondary N) is 1. The minimum absolute atomic E-state index is 0.388. The number of hydrogen-bond acceptors (Lipinski definition) is 4. The Kier molecular flexibility index (Phi) is 4.25. The molecule has 0 aliphatic carbocycles. The van der Waals surface area contributed by atoms with Gasteiger partial charge < -0.3 is 19.4 Å². The molecule has 0 saturated carbocycles. The molecule has 1 N–H and O–H groups in total. The summed E-state index contributed by atoms with van der Waals surface area (Å²) in [6.45, 7) is 6.53. The van der Waals surface area contributed by atoms with Crippen molar-refractivity contribution in [3.8, 4) is 11.5 Å². The number of imidazole rings is 1. The van der Waals surface area contributed by atoms with Crippen LogP contribution in [0.15, 0.2) is 12.1 Å². The lowest BCUT2D eigenvalue weighted by Crippen LogP contribution is -2.30.